The molecule has 0 aromatic heterocycles. The van der Waals surface area contributed by atoms with E-state index in [9.17, 15) is 9.90 Å². The first-order chi connectivity index (χ1) is 17.0. The van der Waals surface area contributed by atoms with Crippen LogP contribution in [0.5, 0.6) is 0 Å². The minimum absolute atomic E-state index is 0.0966. The molecule has 1 aliphatic heterocycles. The van der Waals surface area contributed by atoms with E-state index in [1.807, 2.05) is 31.2 Å². The van der Waals surface area contributed by atoms with Gasteiger partial charge in [0.15, 0.2) is 0 Å². The lowest BCUT2D eigenvalue weighted by Gasteiger charge is -2.42. The number of benzene rings is 1. The van der Waals surface area contributed by atoms with Crippen molar-refractivity contribution < 1.29 is 19.7 Å². The summed E-state index contributed by atoms with van der Waals surface area (Å²) >= 11 is 0. The summed E-state index contributed by atoms with van der Waals surface area (Å²) in [6, 6.07) is 7.18. The molecule has 1 aliphatic carbocycles. The molecule has 3 atom stereocenters. The van der Waals surface area contributed by atoms with Crippen LogP contribution in [0.4, 0.5) is 10.5 Å². The maximum atomic E-state index is 13.1. The number of amides is 1. The summed E-state index contributed by atoms with van der Waals surface area (Å²) in [6.07, 6.45) is 4.72. The molecule has 2 aliphatic rings. The zero-order valence-corrected chi connectivity index (χ0v) is 23.3. The van der Waals surface area contributed by atoms with Gasteiger partial charge in [0.05, 0.1) is 31.9 Å². The summed E-state index contributed by atoms with van der Waals surface area (Å²) in [7, 11) is -0.528. The quantitative estimate of drug-likeness (QED) is 0.331. The molecule has 36 heavy (non-hydrogen) atoms. The number of hydrogen-bond acceptors (Lipinski definition) is 4. The third kappa shape index (κ3) is 5.22. The van der Waals surface area contributed by atoms with Crippen LogP contribution >= 0.6 is 0 Å². The van der Waals surface area contributed by atoms with Gasteiger partial charge in [0, 0.05) is 11.5 Å². The fraction of sp³-hybridized carbons (Fsp3) is 0.433. The molecule has 1 aromatic carbocycles. The van der Waals surface area contributed by atoms with Gasteiger partial charge in [-0.15, -0.1) is 5.54 Å². The average Bonchev–Trinajstić information content (AvgIpc) is 2.84. The van der Waals surface area contributed by atoms with Crippen molar-refractivity contribution in [3.63, 3.8) is 0 Å². The van der Waals surface area contributed by atoms with Crippen molar-refractivity contribution in [2.24, 2.45) is 11.8 Å². The monoisotopic (exact) mass is 503 g/mol. The highest BCUT2D eigenvalue weighted by molar-refractivity contribution is 6.87. The topological polar surface area (TPSA) is 70.0 Å². The van der Waals surface area contributed by atoms with E-state index in [1.165, 1.54) is 7.11 Å². The number of rotatable bonds is 2. The van der Waals surface area contributed by atoms with E-state index in [1.54, 1.807) is 17.1 Å². The van der Waals surface area contributed by atoms with Crippen LogP contribution < -0.4 is 4.90 Å². The van der Waals surface area contributed by atoms with Gasteiger partial charge < -0.3 is 14.9 Å². The molecule has 1 heterocycles. The van der Waals surface area contributed by atoms with Crippen molar-refractivity contribution in [1.29, 1.82) is 0 Å². The van der Waals surface area contributed by atoms with Crippen LogP contribution in [0.1, 0.15) is 33.3 Å². The first-order valence-electron chi connectivity index (χ1n) is 12.3. The number of aliphatic hydroxyl groups excluding tert-OH is 2. The minimum Gasteiger partial charge on any atom is -0.452 e. The van der Waals surface area contributed by atoms with Gasteiger partial charge >= 0.3 is 6.09 Å². The summed E-state index contributed by atoms with van der Waals surface area (Å²) in [6.45, 7) is 13.1. The van der Waals surface area contributed by atoms with E-state index >= 15 is 0 Å². The Bertz CT molecular complexity index is 1230. The number of carbonyl (C=O) groups is 1. The van der Waals surface area contributed by atoms with Gasteiger partial charge in [-0.2, -0.15) is 0 Å². The van der Waals surface area contributed by atoms with Crippen molar-refractivity contribution in [3.05, 3.63) is 59.2 Å². The number of carbonyl (C=O) groups excluding carboxylic acids is 1. The molecule has 0 spiro atoms. The number of nitrogens with zero attached hydrogens (tertiary/aromatic N) is 1. The zero-order chi connectivity index (χ0) is 26.7. The Balaban J connectivity index is 2.33. The fourth-order valence-electron chi connectivity index (χ4n) is 4.38. The summed E-state index contributed by atoms with van der Waals surface area (Å²) in [5.74, 6) is 9.43. The predicted octanol–water partition coefficient (Wildman–Crippen LogP) is 5.18. The Kier molecular flexibility index (Phi) is 8.36. The molecular weight excluding hydrogens is 466 g/mol. The van der Waals surface area contributed by atoms with Crippen LogP contribution in [-0.4, -0.2) is 50.7 Å². The van der Waals surface area contributed by atoms with Gasteiger partial charge in [-0.25, -0.2) is 4.79 Å². The smallest absolute Gasteiger partial charge is 0.415 e. The molecule has 0 bridgehead atoms. The Morgan fingerprint density at radius 1 is 1.19 bits per heavy atom. The molecular formula is C30H37NO4Si. The molecule has 5 nitrogen and oxygen atoms in total. The highest BCUT2D eigenvalue weighted by Gasteiger charge is 2.43. The number of methoxy groups -OCH3 is 1. The second-order valence-corrected chi connectivity index (χ2v) is 15.7. The number of para-hydroxylation sites is 1. The van der Waals surface area contributed by atoms with Crippen LogP contribution in [0.2, 0.25) is 18.1 Å². The largest absolute Gasteiger partial charge is 0.452 e. The van der Waals surface area contributed by atoms with Gasteiger partial charge in [0.25, 0.3) is 0 Å². The van der Waals surface area contributed by atoms with Crippen molar-refractivity contribution in [3.8, 4) is 23.3 Å². The third-order valence-electron chi connectivity index (χ3n) is 7.53. The van der Waals surface area contributed by atoms with Crippen molar-refractivity contribution in [2.45, 2.75) is 51.9 Å². The zero-order valence-electron chi connectivity index (χ0n) is 22.3. The molecule has 1 amide bonds. The average molecular weight is 504 g/mol. The lowest BCUT2D eigenvalue weighted by molar-refractivity contribution is 0.177. The van der Waals surface area contributed by atoms with Crippen LogP contribution in [0.25, 0.3) is 5.57 Å². The van der Waals surface area contributed by atoms with E-state index in [2.05, 4.69) is 63.2 Å². The second kappa shape index (κ2) is 10.9. The van der Waals surface area contributed by atoms with Crippen LogP contribution in [-0.2, 0) is 4.74 Å². The molecule has 1 aromatic rings. The number of anilines is 1. The standard InChI is InChI=1S/C30H37NO4Si/c1-21-23(20-33)19-22(16-18-36(6,7)30(2,3)4)28-24-13-10-11-14-25(24)31(29(34)35-5)26(27(21)28)15-9-8-12-17-32/h8,10-14,19,21-22,26,32-33H,17,20H2,1-7H3/b12-8-/t21-,22+,26-/m0/s1. The van der Waals surface area contributed by atoms with Gasteiger partial charge in [0.1, 0.15) is 14.1 Å². The Hall–Kier alpha value is -3.03. The maximum Gasteiger partial charge on any atom is 0.415 e. The van der Waals surface area contributed by atoms with Gasteiger partial charge in [-0.05, 0) is 33.9 Å². The first-order valence-corrected chi connectivity index (χ1v) is 15.3. The molecule has 0 unspecified atom stereocenters. The second-order valence-electron chi connectivity index (χ2n) is 10.7. The fourth-order valence-corrected chi connectivity index (χ4v) is 5.27. The van der Waals surface area contributed by atoms with E-state index in [4.69, 9.17) is 9.84 Å². The van der Waals surface area contributed by atoms with Crippen LogP contribution in [0.3, 0.4) is 0 Å². The number of allylic oxidation sites excluding steroid dienone is 3. The SMILES string of the molecule is COC(=O)N1c2ccccc2C2=C([C@@H](C)C(CO)=C[C@H]2C#C[Si](C)(C)C(C)(C)C)[C@@H]1C#C/C=C\CO. The highest BCUT2D eigenvalue weighted by atomic mass is 28.3. The number of aliphatic hydroxyl groups is 2. The Morgan fingerprint density at radius 3 is 2.50 bits per heavy atom. The molecule has 190 valence electrons. The number of fused-ring (bicyclic) bond motifs is 2. The summed E-state index contributed by atoms with van der Waals surface area (Å²) in [4.78, 5) is 14.7. The van der Waals surface area contributed by atoms with Crippen molar-refractivity contribution in [2.75, 3.05) is 25.2 Å². The van der Waals surface area contributed by atoms with E-state index in [0.717, 1.165) is 28.0 Å². The maximum absolute atomic E-state index is 13.1. The minimum atomic E-state index is -1.89. The molecule has 0 radical (unpaired) electrons. The van der Waals surface area contributed by atoms with Crippen LogP contribution in [0, 0.1) is 35.1 Å². The molecule has 0 fully saturated rings. The molecule has 0 saturated carbocycles. The lowest BCUT2D eigenvalue weighted by Crippen LogP contribution is -2.46. The normalized spacial score (nSPS) is 21.5. The van der Waals surface area contributed by atoms with E-state index in [-0.39, 0.29) is 30.1 Å². The van der Waals surface area contributed by atoms with Gasteiger partial charge in [0.2, 0.25) is 0 Å². The third-order valence-corrected chi connectivity index (χ3v) is 12.0. The van der Waals surface area contributed by atoms with Gasteiger partial charge in [-0.3, -0.25) is 4.90 Å². The molecule has 0 saturated heterocycles. The van der Waals surface area contributed by atoms with Gasteiger partial charge in [-0.1, -0.05) is 88.9 Å². The van der Waals surface area contributed by atoms with E-state index < -0.39 is 20.2 Å². The summed E-state index contributed by atoms with van der Waals surface area (Å²) in [5.41, 5.74) is 8.17. The van der Waals surface area contributed by atoms with E-state index in [0.29, 0.717) is 0 Å². The Labute approximate surface area is 216 Å². The number of hydrogen-bond donors (Lipinski definition) is 2. The highest BCUT2D eigenvalue weighted by Crippen LogP contribution is 2.49. The first kappa shape index (κ1) is 27.6. The van der Waals surface area contributed by atoms with Crippen molar-refractivity contribution >= 4 is 25.4 Å². The lowest BCUT2D eigenvalue weighted by atomic mass is 9.70. The summed E-state index contributed by atoms with van der Waals surface area (Å²) in [5, 5.41) is 19.5. The summed E-state index contributed by atoms with van der Waals surface area (Å²) < 4.78 is 5.18. The molecule has 2 N–H and O–H groups in total. The predicted molar refractivity (Wildman–Crippen MR) is 149 cm³/mol. The Morgan fingerprint density at radius 2 is 1.89 bits per heavy atom. The molecule has 3 rings (SSSR count). The van der Waals surface area contributed by atoms with Crippen LogP contribution in [0.15, 0.2) is 53.6 Å². The number of ether oxygens (including phenoxy) is 1. The molecule has 6 heteroatoms. The van der Waals surface area contributed by atoms with Crippen molar-refractivity contribution in [1.82, 2.24) is 0 Å².